The highest BCUT2D eigenvalue weighted by molar-refractivity contribution is 5.92. The van der Waals surface area contributed by atoms with Crippen LogP contribution in [0.4, 0.5) is 11.5 Å². The van der Waals surface area contributed by atoms with Crippen molar-refractivity contribution < 1.29 is 0 Å². The van der Waals surface area contributed by atoms with Crippen LogP contribution >= 0.6 is 0 Å². The van der Waals surface area contributed by atoms with Gasteiger partial charge in [-0.15, -0.1) is 0 Å². The van der Waals surface area contributed by atoms with E-state index in [1.54, 1.807) is 12.1 Å². The van der Waals surface area contributed by atoms with E-state index in [1.807, 2.05) is 31.2 Å². The number of benzene rings is 1. The zero-order valence-corrected chi connectivity index (χ0v) is 10.3. The smallest absolute Gasteiger partial charge is 0.124 e. The number of aromatic nitrogens is 1. The summed E-state index contributed by atoms with van der Waals surface area (Å²) in [5, 5.41) is 4.11. The van der Waals surface area contributed by atoms with E-state index >= 15 is 0 Å². The molecule has 0 saturated heterocycles. The Balaban J connectivity index is 2.43. The summed E-state index contributed by atoms with van der Waals surface area (Å²) in [6.07, 6.45) is 1.78. The number of pyridine rings is 1. The molecule has 1 aromatic heterocycles. The van der Waals surface area contributed by atoms with Gasteiger partial charge in [0.25, 0.3) is 0 Å². The van der Waals surface area contributed by atoms with Crippen LogP contribution < -0.4 is 16.8 Å². The number of hydrogen-bond donors (Lipinski definition) is 3. The molecule has 0 fully saturated rings. The van der Waals surface area contributed by atoms with Crippen LogP contribution in [0.25, 0.3) is 10.9 Å². The predicted octanol–water partition coefficient (Wildman–Crippen LogP) is 2.61. The molecule has 0 aliphatic carbocycles. The highest BCUT2D eigenvalue weighted by atomic mass is 15.0. The highest BCUT2D eigenvalue weighted by Gasteiger charge is 2.02. The van der Waals surface area contributed by atoms with Gasteiger partial charge in [-0.25, -0.2) is 4.98 Å². The Hall–Kier alpha value is -2.49. The zero-order valence-electron chi connectivity index (χ0n) is 10.3. The summed E-state index contributed by atoms with van der Waals surface area (Å²) in [7, 11) is 0. The van der Waals surface area contributed by atoms with Crippen LogP contribution in [0.1, 0.15) is 6.92 Å². The van der Waals surface area contributed by atoms with Crippen LogP contribution in [-0.2, 0) is 0 Å². The third kappa shape index (κ3) is 2.60. The number of nitrogens with zero attached hydrogens (tertiary/aromatic N) is 1. The van der Waals surface area contributed by atoms with Crippen molar-refractivity contribution in [1.29, 1.82) is 0 Å². The van der Waals surface area contributed by atoms with Crippen LogP contribution in [0.2, 0.25) is 0 Å². The van der Waals surface area contributed by atoms with E-state index in [4.69, 9.17) is 11.5 Å². The molecule has 92 valence electrons. The Morgan fingerprint density at radius 1 is 1.33 bits per heavy atom. The molecule has 1 heterocycles. The third-order valence-corrected chi connectivity index (χ3v) is 2.43. The average Bonchev–Trinajstić information content (AvgIpc) is 2.27. The van der Waals surface area contributed by atoms with Crippen molar-refractivity contribution in [1.82, 2.24) is 4.98 Å². The minimum atomic E-state index is 0.505. The van der Waals surface area contributed by atoms with Gasteiger partial charge in [-0.05, 0) is 37.3 Å². The summed E-state index contributed by atoms with van der Waals surface area (Å²) in [6, 6.07) is 9.46. The van der Waals surface area contributed by atoms with Crippen LogP contribution in [0.15, 0.2) is 54.4 Å². The molecule has 2 aromatic rings. The van der Waals surface area contributed by atoms with Crippen molar-refractivity contribution >= 4 is 22.4 Å². The van der Waals surface area contributed by atoms with Crippen LogP contribution in [0.5, 0.6) is 0 Å². The van der Waals surface area contributed by atoms with Gasteiger partial charge in [0.05, 0.1) is 5.52 Å². The van der Waals surface area contributed by atoms with Crippen LogP contribution in [-0.4, -0.2) is 4.98 Å². The molecule has 2 rings (SSSR count). The molecule has 0 radical (unpaired) electrons. The monoisotopic (exact) mass is 240 g/mol. The Morgan fingerprint density at radius 2 is 2.11 bits per heavy atom. The first-order valence-corrected chi connectivity index (χ1v) is 5.61. The van der Waals surface area contributed by atoms with Crippen molar-refractivity contribution in [3.8, 4) is 0 Å². The summed E-state index contributed by atoms with van der Waals surface area (Å²) in [4.78, 5) is 4.26. The standard InChI is InChI=1S/C14H16N4/c1-9(2)8-14(16)18-12-5-3-4-11-10(12)6-7-13(15)17-11/h3-8,18H,1,16H2,2H3,(H2,15,17)/b14-8-. The summed E-state index contributed by atoms with van der Waals surface area (Å²) >= 11 is 0. The fraction of sp³-hybridized carbons (Fsp3) is 0.0714. The summed E-state index contributed by atoms with van der Waals surface area (Å²) in [5.74, 6) is 1.05. The lowest BCUT2D eigenvalue weighted by Gasteiger charge is -2.10. The van der Waals surface area contributed by atoms with Gasteiger partial charge >= 0.3 is 0 Å². The van der Waals surface area contributed by atoms with Gasteiger partial charge in [0.1, 0.15) is 11.6 Å². The van der Waals surface area contributed by atoms with Crippen LogP contribution in [0, 0.1) is 0 Å². The molecular formula is C14H16N4. The molecule has 0 spiro atoms. The average molecular weight is 240 g/mol. The summed E-state index contributed by atoms with van der Waals surface area (Å²) < 4.78 is 0. The van der Waals surface area contributed by atoms with Gasteiger partial charge in [0, 0.05) is 11.1 Å². The quantitative estimate of drug-likeness (QED) is 0.721. The highest BCUT2D eigenvalue weighted by Crippen LogP contribution is 2.23. The normalized spacial score (nSPS) is 11.5. The molecule has 1 aromatic carbocycles. The van der Waals surface area contributed by atoms with E-state index in [0.717, 1.165) is 22.2 Å². The maximum Gasteiger partial charge on any atom is 0.124 e. The second-order valence-electron chi connectivity index (χ2n) is 4.18. The lowest BCUT2D eigenvalue weighted by Crippen LogP contribution is -2.09. The van der Waals surface area contributed by atoms with Crippen molar-refractivity contribution in [2.24, 2.45) is 5.73 Å². The van der Waals surface area contributed by atoms with E-state index < -0.39 is 0 Å². The zero-order chi connectivity index (χ0) is 13.1. The van der Waals surface area contributed by atoms with E-state index in [2.05, 4.69) is 16.9 Å². The van der Waals surface area contributed by atoms with E-state index in [0.29, 0.717) is 11.6 Å². The molecule has 0 amide bonds. The summed E-state index contributed by atoms with van der Waals surface area (Å²) in [6.45, 7) is 5.67. The van der Waals surface area contributed by atoms with Gasteiger partial charge in [-0.2, -0.15) is 0 Å². The number of rotatable bonds is 3. The molecular weight excluding hydrogens is 224 g/mol. The van der Waals surface area contributed by atoms with Crippen LogP contribution in [0.3, 0.4) is 0 Å². The molecule has 4 heteroatoms. The maximum atomic E-state index is 5.87. The molecule has 0 unspecified atom stereocenters. The molecule has 0 aliphatic rings. The molecule has 4 nitrogen and oxygen atoms in total. The molecule has 0 bridgehead atoms. The van der Waals surface area contributed by atoms with Gasteiger partial charge < -0.3 is 16.8 Å². The predicted molar refractivity (Wildman–Crippen MR) is 76.9 cm³/mol. The number of anilines is 2. The molecule has 18 heavy (non-hydrogen) atoms. The first kappa shape index (κ1) is 12.0. The van der Waals surface area contributed by atoms with E-state index in [-0.39, 0.29) is 0 Å². The summed E-state index contributed by atoms with van der Waals surface area (Å²) in [5.41, 5.74) is 14.2. The minimum absolute atomic E-state index is 0.505. The lowest BCUT2D eigenvalue weighted by atomic mass is 10.1. The third-order valence-electron chi connectivity index (χ3n) is 2.43. The van der Waals surface area contributed by atoms with Gasteiger partial charge in [0.15, 0.2) is 0 Å². The molecule has 0 aliphatic heterocycles. The Labute approximate surface area is 106 Å². The van der Waals surface area contributed by atoms with Crippen molar-refractivity contribution in [3.63, 3.8) is 0 Å². The van der Waals surface area contributed by atoms with E-state index in [1.165, 1.54) is 0 Å². The number of nitrogens with two attached hydrogens (primary N) is 2. The number of hydrogen-bond acceptors (Lipinski definition) is 4. The molecule has 0 atom stereocenters. The Morgan fingerprint density at radius 3 is 2.83 bits per heavy atom. The SMILES string of the molecule is C=C(C)/C=C(/N)Nc1cccc2nc(N)ccc12. The van der Waals surface area contributed by atoms with E-state index in [9.17, 15) is 0 Å². The first-order chi connectivity index (χ1) is 8.56. The largest absolute Gasteiger partial charge is 0.385 e. The second kappa shape index (κ2) is 4.79. The topological polar surface area (TPSA) is 77.0 Å². The number of fused-ring (bicyclic) bond motifs is 1. The number of allylic oxidation sites excluding steroid dienone is 2. The molecule has 0 saturated carbocycles. The fourth-order valence-electron chi connectivity index (χ4n) is 1.74. The number of nitrogens with one attached hydrogen (secondary N) is 1. The first-order valence-electron chi connectivity index (χ1n) is 5.61. The van der Waals surface area contributed by atoms with Crippen molar-refractivity contribution in [2.45, 2.75) is 6.92 Å². The number of nitrogen functional groups attached to an aromatic ring is 1. The lowest BCUT2D eigenvalue weighted by molar-refractivity contribution is 1.29. The Kier molecular flexibility index (Phi) is 3.19. The van der Waals surface area contributed by atoms with Crippen molar-refractivity contribution in [2.75, 3.05) is 11.1 Å². The minimum Gasteiger partial charge on any atom is -0.385 e. The van der Waals surface area contributed by atoms with Gasteiger partial charge in [-0.3, -0.25) is 0 Å². The van der Waals surface area contributed by atoms with Gasteiger partial charge in [-0.1, -0.05) is 18.2 Å². The van der Waals surface area contributed by atoms with Gasteiger partial charge in [0.2, 0.25) is 0 Å². The van der Waals surface area contributed by atoms with Crippen molar-refractivity contribution in [3.05, 3.63) is 54.4 Å². The second-order valence-corrected chi connectivity index (χ2v) is 4.18. The molecule has 5 N–H and O–H groups in total. The maximum absolute atomic E-state index is 5.87. The Bertz CT molecular complexity index is 629. The fourth-order valence-corrected chi connectivity index (χ4v) is 1.74.